The van der Waals surface area contributed by atoms with Crippen LogP contribution in [0, 0.1) is 18.2 Å². The number of terminal acetylenes is 1. The molecule has 9 heteroatoms. The zero-order chi connectivity index (χ0) is 16.6. The largest absolute Gasteiger partial charge is 0.479 e. The summed E-state index contributed by atoms with van der Waals surface area (Å²) in [6.07, 6.45) is 5.10. The quantitative estimate of drug-likeness (QED) is 0.768. The highest BCUT2D eigenvalue weighted by Crippen LogP contribution is 2.28. The van der Waals surface area contributed by atoms with E-state index in [1.54, 1.807) is 0 Å². The molecule has 0 saturated heterocycles. The first-order chi connectivity index (χ1) is 11.0. The number of halogens is 2. The predicted octanol–water partition coefficient (Wildman–Crippen LogP) is 0.593. The Morgan fingerprint density at radius 2 is 2.09 bits per heavy atom. The lowest BCUT2D eigenvalue weighted by atomic mass is 10.3. The number of hydrogen-bond acceptors (Lipinski definition) is 4. The summed E-state index contributed by atoms with van der Waals surface area (Å²) in [5.74, 6) is 1.50. The number of benzene rings is 1. The van der Waals surface area contributed by atoms with Crippen LogP contribution in [0.25, 0.3) is 5.69 Å². The molecule has 1 aromatic heterocycles. The summed E-state index contributed by atoms with van der Waals surface area (Å²) in [5.41, 5.74) is -1.63. The first-order valence-corrected chi connectivity index (χ1v) is 6.98. The van der Waals surface area contributed by atoms with Crippen LogP contribution in [0.2, 0.25) is 5.02 Å². The average Bonchev–Trinajstić information content (AvgIpc) is 2.79. The van der Waals surface area contributed by atoms with Crippen molar-refractivity contribution in [1.82, 2.24) is 13.9 Å². The van der Waals surface area contributed by atoms with Crippen LogP contribution in [0.1, 0.15) is 0 Å². The molecule has 23 heavy (non-hydrogen) atoms. The van der Waals surface area contributed by atoms with Crippen LogP contribution in [0.15, 0.2) is 21.7 Å². The Kier molecular flexibility index (Phi) is 3.98. The number of rotatable bonds is 3. The second-order valence-electron chi connectivity index (χ2n) is 4.69. The molecule has 0 amide bonds. The second-order valence-corrected chi connectivity index (χ2v) is 5.09. The lowest BCUT2D eigenvalue weighted by Gasteiger charge is -2.14. The maximum atomic E-state index is 14.2. The fraction of sp³-hybridized carbons (Fsp3) is 0.286. The maximum Gasteiger partial charge on any atom is 0.354 e. The Balaban J connectivity index is 2.20. The van der Waals surface area contributed by atoms with Gasteiger partial charge in [0.05, 0.1) is 23.9 Å². The Hall–Kier alpha value is -2.50. The van der Waals surface area contributed by atoms with Crippen molar-refractivity contribution in [3.8, 4) is 23.8 Å². The molecule has 2 aromatic rings. The molecule has 1 aliphatic heterocycles. The lowest BCUT2D eigenvalue weighted by molar-refractivity contribution is 0.0119. The Morgan fingerprint density at radius 3 is 2.78 bits per heavy atom. The topological polar surface area (TPSA) is 67.4 Å². The normalized spacial score (nSPS) is 13.4. The summed E-state index contributed by atoms with van der Waals surface area (Å²) < 4.78 is 27.6. The molecule has 0 radical (unpaired) electrons. The average molecular weight is 340 g/mol. The van der Waals surface area contributed by atoms with Gasteiger partial charge in [-0.15, -0.1) is 6.42 Å². The van der Waals surface area contributed by atoms with E-state index in [1.807, 2.05) is 0 Å². The summed E-state index contributed by atoms with van der Waals surface area (Å²) in [4.78, 5) is 24.7. The molecule has 0 atom stereocenters. The first-order valence-electron chi connectivity index (χ1n) is 6.60. The summed E-state index contributed by atoms with van der Waals surface area (Å²) in [6.45, 7) is 0.342. The molecule has 1 aliphatic rings. The molecular weight excluding hydrogens is 329 g/mol. The van der Waals surface area contributed by atoms with Gasteiger partial charge in [-0.1, -0.05) is 17.5 Å². The van der Waals surface area contributed by atoms with Crippen LogP contribution >= 0.6 is 11.6 Å². The molecule has 0 fully saturated rings. The van der Waals surface area contributed by atoms with Gasteiger partial charge < -0.3 is 9.47 Å². The number of nitrogens with zero attached hydrogens (tertiary/aromatic N) is 3. The second kappa shape index (κ2) is 5.95. The van der Waals surface area contributed by atoms with Crippen LogP contribution in [-0.4, -0.2) is 27.1 Å². The molecule has 0 aliphatic carbocycles. The Bertz CT molecular complexity index is 884. The molecule has 3 rings (SSSR count). The van der Waals surface area contributed by atoms with Gasteiger partial charge in [0, 0.05) is 6.07 Å². The molecular formula is C14H11ClFN3O4. The van der Waals surface area contributed by atoms with Crippen LogP contribution in [0.3, 0.4) is 0 Å². The van der Waals surface area contributed by atoms with E-state index in [1.165, 1.54) is 10.7 Å². The van der Waals surface area contributed by atoms with Crippen molar-refractivity contribution in [2.24, 2.45) is 0 Å². The van der Waals surface area contributed by atoms with Crippen molar-refractivity contribution in [2.45, 2.75) is 13.3 Å². The molecule has 0 spiro atoms. The minimum absolute atomic E-state index is 0.0121. The van der Waals surface area contributed by atoms with E-state index in [0.717, 1.165) is 10.7 Å². The van der Waals surface area contributed by atoms with Gasteiger partial charge in [-0.2, -0.15) is 0 Å². The van der Waals surface area contributed by atoms with Crippen LogP contribution in [0.4, 0.5) is 4.39 Å². The Labute approximate surface area is 134 Å². The molecule has 2 heterocycles. The van der Waals surface area contributed by atoms with Crippen molar-refractivity contribution >= 4 is 11.6 Å². The summed E-state index contributed by atoms with van der Waals surface area (Å²) in [6, 6.07) is 2.14. The van der Waals surface area contributed by atoms with Gasteiger partial charge in [0.25, 0.3) is 0 Å². The first kappa shape index (κ1) is 15.4. The van der Waals surface area contributed by atoms with E-state index < -0.39 is 17.2 Å². The van der Waals surface area contributed by atoms with Gasteiger partial charge in [-0.05, 0) is 6.07 Å². The third-order valence-electron chi connectivity index (χ3n) is 3.33. The fourth-order valence-electron chi connectivity index (χ4n) is 2.29. The van der Waals surface area contributed by atoms with E-state index in [9.17, 15) is 14.0 Å². The van der Waals surface area contributed by atoms with Gasteiger partial charge in [0.1, 0.15) is 24.9 Å². The zero-order valence-corrected chi connectivity index (χ0v) is 12.5. The van der Waals surface area contributed by atoms with Crippen molar-refractivity contribution in [3.05, 3.63) is 43.9 Å². The number of ether oxygens (including phenoxy) is 2. The van der Waals surface area contributed by atoms with E-state index >= 15 is 0 Å². The zero-order valence-electron chi connectivity index (χ0n) is 11.8. The SMILES string of the molecule is C#CCOc1cc(-n2c(=O)n3n(c2=O)COCC3)c(F)cc1Cl. The minimum Gasteiger partial charge on any atom is -0.479 e. The number of fused-ring (bicyclic) bond motifs is 1. The highest BCUT2D eigenvalue weighted by Gasteiger charge is 2.23. The number of aromatic nitrogens is 3. The van der Waals surface area contributed by atoms with Crippen LogP contribution < -0.4 is 16.1 Å². The van der Waals surface area contributed by atoms with Gasteiger partial charge >= 0.3 is 11.4 Å². The van der Waals surface area contributed by atoms with Crippen molar-refractivity contribution in [1.29, 1.82) is 0 Å². The van der Waals surface area contributed by atoms with Crippen molar-refractivity contribution in [3.63, 3.8) is 0 Å². The molecule has 120 valence electrons. The van der Waals surface area contributed by atoms with Gasteiger partial charge in [0.15, 0.2) is 0 Å². The maximum absolute atomic E-state index is 14.2. The Morgan fingerprint density at radius 1 is 1.35 bits per heavy atom. The third-order valence-corrected chi connectivity index (χ3v) is 3.63. The van der Waals surface area contributed by atoms with E-state index in [-0.39, 0.29) is 36.3 Å². The van der Waals surface area contributed by atoms with E-state index in [2.05, 4.69) is 5.92 Å². The summed E-state index contributed by atoms with van der Waals surface area (Å²) >= 11 is 5.88. The standard InChI is InChI=1S/C14H11ClFN3O4/c1-2-4-23-12-7-11(10(16)6-9(12)15)19-13(20)17-3-5-22-8-18(17)14(19)21/h1,6-7H,3-5,8H2. The molecule has 0 saturated carbocycles. The minimum atomic E-state index is -0.827. The monoisotopic (exact) mass is 339 g/mol. The third kappa shape index (κ3) is 2.54. The summed E-state index contributed by atoms with van der Waals surface area (Å²) in [7, 11) is 0. The van der Waals surface area contributed by atoms with Gasteiger partial charge in [-0.3, -0.25) is 0 Å². The molecule has 1 aromatic carbocycles. The number of hydrogen-bond donors (Lipinski definition) is 0. The van der Waals surface area contributed by atoms with E-state index in [4.69, 9.17) is 27.5 Å². The van der Waals surface area contributed by atoms with E-state index in [0.29, 0.717) is 11.2 Å². The van der Waals surface area contributed by atoms with Crippen LogP contribution in [0.5, 0.6) is 5.75 Å². The van der Waals surface area contributed by atoms with Gasteiger partial charge in [-0.25, -0.2) is 27.9 Å². The molecule has 0 bridgehead atoms. The van der Waals surface area contributed by atoms with Crippen molar-refractivity contribution in [2.75, 3.05) is 13.2 Å². The van der Waals surface area contributed by atoms with Crippen molar-refractivity contribution < 1.29 is 13.9 Å². The van der Waals surface area contributed by atoms with Gasteiger partial charge in [0.2, 0.25) is 0 Å². The smallest absolute Gasteiger partial charge is 0.354 e. The van der Waals surface area contributed by atoms with Crippen LogP contribution in [-0.2, 0) is 18.0 Å². The highest BCUT2D eigenvalue weighted by atomic mass is 35.5. The fourth-order valence-corrected chi connectivity index (χ4v) is 2.49. The predicted molar refractivity (Wildman–Crippen MR) is 79.5 cm³/mol. The summed E-state index contributed by atoms with van der Waals surface area (Å²) in [5, 5.41) is -0.0121. The molecule has 7 nitrogen and oxygen atoms in total. The molecule has 0 N–H and O–H groups in total. The lowest BCUT2D eigenvalue weighted by Crippen LogP contribution is -2.33. The highest BCUT2D eigenvalue weighted by molar-refractivity contribution is 6.32. The molecule has 0 unspecified atom stereocenters.